The van der Waals surface area contributed by atoms with Gasteiger partial charge in [-0.25, -0.2) is 0 Å². The number of para-hydroxylation sites is 1. The Hall–Kier alpha value is -3.00. The van der Waals surface area contributed by atoms with E-state index < -0.39 is 0 Å². The van der Waals surface area contributed by atoms with Crippen molar-refractivity contribution in [1.29, 1.82) is 0 Å². The Balaban J connectivity index is 1.47. The van der Waals surface area contributed by atoms with E-state index in [1.54, 1.807) is 42.5 Å². The molecular formula is C25H24BrN3O3. The number of nitrogens with zero attached hydrogens (tertiary/aromatic N) is 1. The van der Waals surface area contributed by atoms with Gasteiger partial charge in [-0.1, -0.05) is 36.4 Å². The lowest BCUT2D eigenvalue weighted by Crippen LogP contribution is -2.35. The van der Waals surface area contributed by atoms with Gasteiger partial charge in [-0.2, -0.15) is 0 Å². The van der Waals surface area contributed by atoms with E-state index in [-0.39, 0.29) is 11.8 Å². The molecule has 164 valence electrons. The van der Waals surface area contributed by atoms with Crippen LogP contribution in [0.5, 0.6) is 0 Å². The van der Waals surface area contributed by atoms with Gasteiger partial charge in [0.25, 0.3) is 11.8 Å². The molecule has 1 aliphatic rings. The number of anilines is 2. The van der Waals surface area contributed by atoms with E-state index in [0.717, 1.165) is 38.4 Å². The number of amides is 2. The summed E-state index contributed by atoms with van der Waals surface area (Å²) >= 11 is 3.39. The van der Waals surface area contributed by atoms with Gasteiger partial charge in [-0.15, -0.1) is 0 Å². The molecule has 0 spiro atoms. The molecule has 2 amide bonds. The fraction of sp³-hybridized carbons (Fsp3) is 0.200. The number of nitrogens with one attached hydrogen (secondary N) is 2. The molecule has 0 saturated carbocycles. The Morgan fingerprint density at radius 3 is 2.31 bits per heavy atom. The molecule has 0 radical (unpaired) electrons. The number of hydrogen-bond acceptors (Lipinski definition) is 4. The van der Waals surface area contributed by atoms with E-state index in [2.05, 4.69) is 37.5 Å². The van der Waals surface area contributed by atoms with Crippen molar-refractivity contribution in [2.75, 3.05) is 36.9 Å². The van der Waals surface area contributed by atoms with Crippen molar-refractivity contribution < 1.29 is 14.3 Å². The van der Waals surface area contributed by atoms with E-state index in [4.69, 9.17) is 4.74 Å². The molecule has 6 nitrogen and oxygen atoms in total. The number of ether oxygens (including phenoxy) is 1. The summed E-state index contributed by atoms with van der Waals surface area (Å²) in [4.78, 5) is 28.1. The standard InChI is InChI=1S/C25H24BrN3O3/c26-22-10-3-1-8-20(22)24(30)28-23-11-4-2-9-21(23)25(31)27-19-7-5-6-18(16-19)17-29-12-14-32-15-13-29/h1-11,16H,12-15,17H2,(H,27,31)(H,28,30). The van der Waals surface area contributed by atoms with Crippen LogP contribution in [0.15, 0.2) is 77.3 Å². The monoisotopic (exact) mass is 493 g/mol. The van der Waals surface area contributed by atoms with E-state index in [0.29, 0.717) is 27.0 Å². The predicted octanol–water partition coefficient (Wildman–Crippen LogP) is 4.79. The third-order valence-electron chi connectivity index (χ3n) is 5.23. The average Bonchev–Trinajstić information content (AvgIpc) is 2.80. The van der Waals surface area contributed by atoms with Gasteiger partial charge < -0.3 is 15.4 Å². The van der Waals surface area contributed by atoms with E-state index in [9.17, 15) is 9.59 Å². The molecule has 1 fully saturated rings. The first-order valence-corrected chi connectivity index (χ1v) is 11.2. The number of benzene rings is 3. The number of hydrogen-bond donors (Lipinski definition) is 2. The molecular weight excluding hydrogens is 470 g/mol. The molecule has 7 heteroatoms. The second-order valence-corrected chi connectivity index (χ2v) is 8.38. The largest absolute Gasteiger partial charge is 0.379 e. The van der Waals surface area contributed by atoms with Crippen LogP contribution in [-0.2, 0) is 11.3 Å². The molecule has 1 saturated heterocycles. The van der Waals surface area contributed by atoms with Crippen molar-refractivity contribution in [2.45, 2.75) is 6.54 Å². The summed E-state index contributed by atoms with van der Waals surface area (Å²) in [5.41, 5.74) is 3.19. The van der Waals surface area contributed by atoms with Crippen LogP contribution in [0, 0.1) is 0 Å². The summed E-state index contributed by atoms with van der Waals surface area (Å²) < 4.78 is 6.10. The van der Waals surface area contributed by atoms with Crippen LogP contribution in [0.25, 0.3) is 0 Å². The maximum Gasteiger partial charge on any atom is 0.257 e. The third-order valence-corrected chi connectivity index (χ3v) is 5.92. The minimum absolute atomic E-state index is 0.281. The Morgan fingerprint density at radius 1 is 0.844 bits per heavy atom. The van der Waals surface area contributed by atoms with Crippen LogP contribution in [-0.4, -0.2) is 43.0 Å². The summed E-state index contributed by atoms with van der Waals surface area (Å²) in [5, 5.41) is 5.81. The number of rotatable bonds is 6. The number of carbonyl (C=O) groups is 2. The second kappa shape index (κ2) is 10.5. The minimum Gasteiger partial charge on any atom is -0.379 e. The number of carbonyl (C=O) groups excluding carboxylic acids is 2. The first-order chi connectivity index (χ1) is 15.6. The van der Waals surface area contributed by atoms with Gasteiger partial charge in [0.1, 0.15) is 0 Å². The molecule has 3 aromatic rings. The lowest BCUT2D eigenvalue weighted by Gasteiger charge is -2.26. The molecule has 0 bridgehead atoms. The molecule has 1 aliphatic heterocycles. The fourth-order valence-electron chi connectivity index (χ4n) is 3.59. The zero-order valence-electron chi connectivity index (χ0n) is 17.5. The molecule has 0 aromatic heterocycles. The minimum atomic E-state index is -0.287. The quantitative estimate of drug-likeness (QED) is 0.517. The summed E-state index contributed by atoms with van der Waals surface area (Å²) in [6.07, 6.45) is 0. The van der Waals surface area contributed by atoms with E-state index in [1.807, 2.05) is 24.3 Å². The van der Waals surface area contributed by atoms with Crippen molar-refractivity contribution in [3.63, 3.8) is 0 Å². The van der Waals surface area contributed by atoms with Crippen molar-refractivity contribution in [3.8, 4) is 0 Å². The molecule has 2 N–H and O–H groups in total. The molecule has 0 aliphatic carbocycles. The Labute approximate surface area is 195 Å². The lowest BCUT2D eigenvalue weighted by atomic mass is 10.1. The highest BCUT2D eigenvalue weighted by Gasteiger charge is 2.16. The third kappa shape index (κ3) is 5.62. The smallest absolute Gasteiger partial charge is 0.257 e. The van der Waals surface area contributed by atoms with Crippen molar-refractivity contribution in [2.24, 2.45) is 0 Å². The molecule has 4 rings (SSSR count). The molecule has 3 aromatic carbocycles. The van der Waals surface area contributed by atoms with Gasteiger partial charge in [0.05, 0.1) is 30.0 Å². The Kier molecular flexibility index (Phi) is 7.32. The maximum atomic E-state index is 13.0. The highest BCUT2D eigenvalue weighted by atomic mass is 79.9. The van der Waals surface area contributed by atoms with Gasteiger partial charge >= 0.3 is 0 Å². The predicted molar refractivity (Wildman–Crippen MR) is 129 cm³/mol. The lowest BCUT2D eigenvalue weighted by molar-refractivity contribution is 0.0342. The zero-order chi connectivity index (χ0) is 22.3. The molecule has 32 heavy (non-hydrogen) atoms. The van der Waals surface area contributed by atoms with Crippen molar-refractivity contribution in [1.82, 2.24) is 4.90 Å². The van der Waals surface area contributed by atoms with Crippen LogP contribution in [0.2, 0.25) is 0 Å². The van der Waals surface area contributed by atoms with Crippen LogP contribution in [0.4, 0.5) is 11.4 Å². The normalized spacial score (nSPS) is 14.0. The van der Waals surface area contributed by atoms with Crippen molar-refractivity contribution in [3.05, 3.63) is 94.0 Å². The summed E-state index contributed by atoms with van der Waals surface area (Å²) in [5.74, 6) is -0.568. The van der Waals surface area contributed by atoms with Gasteiger partial charge in [-0.05, 0) is 57.9 Å². The average molecular weight is 494 g/mol. The SMILES string of the molecule is O=C(Nc1ccccc1C(=O)Nc1cccc(CN2CCOCC2)c1)c1ccccc1Br. The topological polar surface area (TPSA) is 70.7 Å². The Morgan fingerprint density at radius 2 is 1.53 bits per heavy atom. The van der Waals surface area contributed by atoms with E-state index in [1.165, 1.54) is 0 Å². The fourth-order valence-corrected chi connectivity index (χ4v) is 4.05. The zero-order valence-corrected chi connectivity index (χ0v) is 19.1. The van der Waals surface area contributed by atoms with Crippen LogP contribution >= 0.6 is 15.9 Å². The van der Waals surface area contributed by atoms with Gasteiger partial charge in [0.15, 0.2) is 0 Å². The maximum absolute atomic E-state index is 13.0. The van der Waals surface area contributed by atoms with Gasteiger partial charge in [-0.3, -0.25) is 14.5 Å². The van der Waals surface area contributed by atoms with Crippen LogP contribution in [0.1, 0.15) is 26.3 Å². The van der Waals surface area contributed by atoms with Crippen LogP contribution < -0.4 is 10.6 Å². The highest BCUT2D eigenvalue weighted by molar-refractivity contribution is 9.10. The molecule has 0 atom stereocenters. The summed E-state index contributed by atoms with van der Waals surface area (Å²) in [6, 6.07) is 22.0. The van der Waals surface area contributed by atoms with Crippen LogP contribution in [0.3, 0.4) is 0 Å². The molecule has 1 heterocycles. The molecule has 0 unspecified atom stereocenters. The van der Waals surface area contributed by atoms with Gasteiger partial charge in [0, 0.05) is 29.8 Å². The second-order valence-electron chi connectivity index (χ2n) is 7.52. The number of morpholine rings is 1. The van der Waals surface area contributed by atoms with Crippen molar-refractivity contribution >= 4 is 39.1 Å². The summed E-state index contributed by atoms with van der Waals surface area (Å²) in [6.45, 7) is 4.12. The Bertz CT molecular complexity index is 1110. The first-order valence-electron chi connectivity index (χ1n) is 10.5. The van der Waals surface area contributed by atoms with E-state index >= 15 is 0 Å². The first kappa shape index (κ1) is 22.2. The van der Waals surface area contributed by atoms with Gasteiger partial charge in [0.2, 0.25) is 0 Å². The summed E-state index contributed by atoms with van der Waals surface area (Å²) in [7, 11) is 0. The highest BCUT2D eigenvalue weighted by Crippen LogP contribution is 2.22. The number of halogens is 1.